The zero-order chi connectivity index (χ0) is 25.9. The smallest absolute Gasteiger partial charge is 0.262 e. The number of nitrogens with one attached hydrogen (secondary N) is 1. The van der Waals surface area contributed by atoms with Crippen LogP contribution in [0.2, 0.25) is 0 Å². The monoisotopic (exact) mass is 500 g/mol. The summed E-state index contributed by atoms with van der Waals surface area (Å²) in [5.74, 6) is 0.463. The molecule has 0 spiro atoms. The fourth-order valence-electron chi connectivity index (χ4n) is 5.64. The van der Waals surface area contributed by atoms with E-state index in [9.17, 15) is 14.4 Å². The zero-order valence-corrected chi connectivity index (χ0v) is 21.3. The van der Waals surface area contributed by atoms with E-state index in [0.717, 1.165) is 53.8 Å². The van der Waals surface area contributed by atoms with Gasteiger partial charge in [-0.1, -0.05) is 24.3 Å². The van der Waals surface area contributed by atoms with E-state index in [1.165, 1.54) is 0 Å². The van der Waals surface area contributed by atoms with Crippen LogP contribution in [0.25, 0.3) is 0 Å². The van der Waals surface area contributed by atoms with Gasteiger partial charge in [-0.15, -0.1) is 0 Å². The van der Waals surface area contributed by atoms with Gasteiger partial charge in [0.05, 0.1) is 6.61 Å². The summed E-state index contributed by atoms with van der Waals surface area (Å²) in [6.07, 6.45) is 4.30. The average molecular weight is 501 g/mol. The van der Waals surface area contributed by atoms with Crippen LogP contribution in [0, 0.1) is 0 Å². The van der Waals surface area contributed by atoms with Crippen molar-refractivity contribution in [3.8, 4) is 11.5 Å². The predicted molar refractivity (Wildman–Crippen MR) is 140 cm³/mol. The maximum absolute atomic E-state index is 13.2. The molecule has 0 aromatic heterocycles. The van der Waals surface area contributed by atoms with Crippen LogP contribution in [0.4, 0.5) is 5.69 Å². The molecule has 7 heteroatoms. The fraction of sp³-hybridized carbons (Fsp3) is 0.367. The molecule has 0 saturated heterocycles. The highest BCUT2D eigenvalue weighted by atomic mass is 16.5. The lowest BCUT2D eigenvalue weighted by Gasteiger charge is -2.42. The topological polar surface area (TPSA) is 84.9 Å². The van der Waals surface area contributed by atoms with Crippen molar-refractivity contribution in [2.24, 2.45) is 0 Å². The molecule has 0 fully saturated rings. The van der Waals surface area contributed by atoms with Crippen LogP contribution in [-0.2, 0) is 14.4 Å². The van der Waals surface area contributed by atoms with Crippen LogP contribution in [-0.4, -0.2) is 42.6 Å². The minimum Gasteiger partial charge on any atom is -0.490 e. The van der Waals surface area contributed by atoms with Crippen LogP contribution in [0.15, 0.2) is 71.1 Å². The summed E-state index contributed by atoms with van der Waals surface area (Å²) in [7, 11) is 1.99. The van der Waals surface area contributed by atoms with Gasteiger partial charge in [0.2, 0.25) is 0 Å². The average Bonchev–Trinajstić information content (AvgIpc) is 2.90. The van der Waals surface area contributed by atoms with Gasteiger partial charge in [0, 0.05) is 54.0 Å². The second kappa shape index (κ2) is 10.6. The van der Waals surface area contributed by atoms with Crippen LogP contribution in [0.1, 0.15) is 56.9 Å². The molecular formula is C30H32N2O5. The molecular weight excluding hydrogens is 468 g/mol. The number of carbonyl (C=O) groups is 3. The first-order valence-electron chi connectivity index (χ1n) is 13.0. The molecule has 1 amide bonds. The van der Waals surface area contributed by atoms with Crippen molar-refractivity contribution in [2.45, 2.75) is 51.4 Å². The van der Waals surface area contributed by atoms with E-state index < -0.39 is 5.92 Å². The molecule has 192 valence electrons. The molecule has 1 aliphatic heterocycles. The molecule has 1 N–H and O–H groups in total. The Morgan fingerprint density at radius 1 is 0.892 bits per heavy atom. The number of carbonyl (C=O) groups excluding carboxylic acids is 3. The Morgan fingerprint density at radius 2 is 1.54 bits per heavy atom. The number of para-hydroxylation sites is 1. The highest BCUT2D eigenvalue weighted by molar-refractivity contribution is 6.06. The number of amides is 1. The summed E-state index contributed by atoms with van der Waals surface area (Å²) in [5, 5.41) is 2.81. The first kappa shape index (κ1) is 24.8. The van der Waals surface area contributed by atoms with Crippen LogP contribution in [0.5, 0.6) is 11.5 Å². The summed E-state index contributed by atoms with van der Waals surface area (Å²) >= 11 is 0. The van der Waals surface area contributed by atoms with E-state index >= 15 is 0 Å². The van der Waals surface area contributed by atoms with Gasteiger partial charge in [0.15, 0.2) is 29.7 Å². The fourth-order valence-corrected chi connectivity index (χ4v) is 5.64. The molecule has 2 aromatic rings. The molecule has 2 aromatic carbocycles. The summed E-state index contributed by atoms with van der Waals surface area (Å²) in [6, 6.07) is 14.7. The second-order valence-electron chi connectivity index (χ2n) is 9.61. The van der Waals surface area contributed by atoms with Gasteiger partial charge in [-0.3, -0.25) is 14.4 Å². The van der Waals surface area contributed by atoms with Crippen molar-refractivity contribution in [1.29, 1.82) is 0 Å². The number of ether oxygens (including phenoxy) is 2. The molecule has 0 unspecified atom stereocenters. The standard InChI is InChI=1S/C30H32N2O5/c1-3-36-26-17-19(15-16-25(26)37-18-27(35)31-20-9-5-4-6-10-20)28-29-21(11-7-13-23(29)33)32(2)22-12-8-14-24(34)30(22)28/h4-6,9-10,15-17,28H,3,7-8,11-14,18H2,1-2H3,(H,31,35). The van der Waals surface area contributed by atoms with Gasteiger partial charge >= 0.3 is 0 Å². The van der Waals surface area contributed by atoms with Gasteiger partial charge in [0.1, 0.15) is 0 Å². The van der Waals surface area contributed by atoms with E-state index in [1.807, 2.05) is 56.4 Å². The third-order valence-corrected chi connectivity index (χ3v) is 7.26. The van der Waals surface area contributed by atoms with Crippen molar-refractivity contribution in [1.82, 2.24) is 4.90 Å². The number of anilines is 1. The van der Waals surface area contributed by atoms with E-state index in [0.29, 0.717) is 36.6 Å². The SMILES string of the molecule is CCOc1cc(C2C3=C(CCCC3=O)N(C)C3=C2C(=O)CCC3)ccc1OCC(=O)Nc1ccccc1. The lowest BCUT2D eigenvalue weighted by Crippen LogP contribution is -2.37. The molecule has 7 nitrogen and oxygen atoms in total. The number of allylic oxidation sites excluding steroid dienone is 4. The molecule has 2 aliphatic carbocycles. The number of benzene rings is 2. The predicted octanol–water partition coefficient (Wildman–Crippen LogP) is 5.15. The number of Topliss-reactive ketones (excluding diaryl/α,β-unsaturated/α-hetero) is 2. The Hall–Kier alpha value is -3.87. The highest BCUT2D eigenvalue weighted by Crippen LogP contribution is 2.49. The van der Waals surface area contributed by atoms with Crippen LogP contribution < -0.4 is 14.8 Å². The molecule has 0 saturated carbocycles. The second-order valence-corrected chi connectivity index (χ2v) is 9.61. The van der Waals surface area contributed by atoms with Gasteiger partial charge in [-0.05, 0) is 62.4 Å². The van der Waals surface area contributed by atoms with E-state index in [-0.39, 0.29) is 24.1 Å². The largest absolute Gasteiger partial charge is 0.490 e. The Balaban J connectivity index is 1.47. The van der Waals surface area contributed by atoms with Gasteiger partial charge < -0.3 is 19.7 Å². The summed E-state index contributed by atoms with van der Waals surface area (Å²) in [4.78, 5) is 41.0. The molecule has 5 rings (SSSR count). The highest BCUT2D eigenvalue weighted by Gasteiger charge is 2.42. The molecule has 0 atom stereocenters. The van der Waals surface area contributed by atoms with Crippen LogP contribution in [0.3, 0.4) is 0 Å². The molecule has 3 aliphatic rings. The quantitative estimate of drug-likeness (QED) is 0.566. The van der Waals surface area contributed by atoms with Crippen molar-refractivity contribution < 1.29 is 23.9 Å². The number of nitrogens with zero attached hydrogens (tertiary/aromatic N) is 1. The van der Waals surface area contributed by atoms with Gasteiger partial charge in [-0.25, -0.2) is 0 Å². The van der Waals surface area contributed by atoms with Gasteiger partial charge in [0.25, 0.3) is 5.91 Å². The minimum absolute atomic E-state index is 0.110. The number of ketones is 2. The molecule has 0 radical (unpaired) electrons. The number of rotatable bonds is 7. The summed E-state index contributed by atoms with van der Waals surface area (Å²) < 4.78 is 11.7. The maximum atomic E-state index is 13.2. The van der Waals surface area contributed by atoms with Crippen LogP contribution >= 0.6 is 0 Å². The number of hydrogen-bond acceptors (Lipinski definition) is 6. The van der Waals surface area contributed by atoms with Crippen molar-refractivity contribution in [3.63, 3.8) is 0 Å². The van der Waals surface area contributed by atoms with Crippen molar-refractivity contribution in [3.05, 3.63) is 76.6 Å². The van der Waals surface area contributed by atoms with Gasteiger partial charge in [-0.2, -0.15) is 0 Å². The lowest BCUT2D eigenvalue weighted by molar-refractivity contribution is -0.118. The molecule has 0 bridgehead atoms. The zero-order valence-electron chi connectivity index (χ0n) is 21.3. The lowest BCUT2D eigenvalue weighted by atomic mass is 9.71. The van der Waals surface area contributed by atoms with Crippen molar-refractivity contribution >= 4 is 23.2 Å². The third kappa shape index (κ3) is 4.90. The third-order valence-electron chi connectivity index (χ3n) is 7.26. The minimum atomic E-state index is -0.406. The normalized spacial score (nSPS) is 17.9. The summed E-state index contributed by atoms with van der Waals surface area (Å²) in [6.45, 7) is 2.11. The molecule has 37 heavy (non-hydrogen) atoms. The van der Waals surface area contributed by atoms with E-state index in [1.54, 1.807) is 6.07 Å². The summed E-state index contributed by atoms with van der Waals surface area (Å²) in [5.41, 5.74) is 5.07. The Bertz CT molecular complexity index is 1250. The Morgan fingerprint density at radius 3 is 2.16 bits per heavy atom. The first-order chi connectivity index (χ1) is 18.0. The van der Waals surface area contributed by atoms with E-state index in [4.69, 9.17) is 9.47 Å². The van der Waals surface area contributed by atoms with Crippen molar-refractivity contribution in [2.75, 3.05) is 25.6 Å². The Labute approximate surface area is 217 Å². The number of hydrogen-bond donors (Lipinski definition) is 1. The molecule has 1 heterocycles. The Kier molecular flexibility index (Phi) is 7.12. The van der Waals surface area contributed by atoms with E-state index in [2.05, 4.69) is 10.2 Å². The maximum Gasteiger partial charge on any atom is 0.262 e. The first-order valence-corrected chi connectivity index (χ1v) is 13.0.